The zero-order chi connectivity index (χ0) is 20.5. The standard InChI is InChI=1S/C22H15BrClFN2O2/c23-15-5-1-14(2-6-15)22(29)27-12-20(28)26-19-10-7-16(24)11-18(19)21(27)13-3-8-17(25)9-4-13/h1-11,21H,12H2,(H,26,28)/t21-/m0/s1. The number of carbonyl (C=O) groups excluding carboxylic acids is 2. The van der Waals surface area contributed by atoms with E-state index >= 15 is 0 Å². The Balaban J connectivity index is 1.88. The van der Waals surface area contributed by atoms with E-state index in [0.717, 1.165) is 4.47 Å². The van der Waals surface area contributed by atoms with E-state index in [2.05, 4.69) is 21.2 Å². The number of hydrogen-bond acceptors (Lipinski definition) is 2. The van der Waals surface area contributed by atoms with Gasteiger partial charge < -0.3 is 10.2 Å². The molecule has 0 spiro atoms. The van der Waals surface area contributed by atoms with Crippen molar-refractivity contribution < 1.29 is 14.0 Å². The van der Waals surface area contributed by atoms with Crippen LogP contribution in [0, 0.1) is 5.82 Å². The first-order chi connectivity index (χ1) is 13.9. The van der Waals surface area contributed by atoms with Gasteiger partial charge in [0.15, 0.2) is 0 Å². The van der Waals surface area contributed by atoms with E-state index in [1.54, 1.807) is 54.6 Å². The van der Waals surface area contributed by atoms with Crippen molar-refractivity contribution >= 4 is 45.0 Å². The van der Waals surface area contributed by atoms with Gasteiger partial charge in [0.25, 0.3) is 5.91 Å². The van der Waals surface area contributed by atoms with Crippen molar-refractivity contribution in [2.75, 3.05) is 11.9 Å². The number of nitrogens with one attached hydrogen (secondary N) is 1. The van der Waals surface area contributed by atoms with Crippen LogP contribution in [0.15, 0.2) is 71.2 Å². The summed E-state index contributed by atoms with van der Waals surface area (Å²) in [5, 5.41) is 3.31. The lowest BCUT2D eigenvalue weighted by Gasteiger charge is -2.30. The normalized spacial score (nSPS) is 16.0. The third kappa shape index (κ3) is 4.04. The Morgan fingerprint density at radius 1 is 1.07 bits per heavy atom. The fourth-order valence-corrected chi connectivity index (χ4v) is 3.87. The molecule has 0 saturated carbocycles. The Hall–Kier alpha value is -2.70. The molecule has 7 heteroatoms. The van der Waals surface area contributed by atoms with E-state index in [9.17, 15) is 14.0 Å². The maximum Gasteiger partial charge on any atom is 0.255 e. The van der Waals surface area contributed by atoms with Crippen LogP contribution in [-0.2, 0) is 4.79 Å². The number of hydrogen-bond donors (Lipinski definition) is 1. The van der Waals surface area contributed by atoms with E-state index in [1.165, 1.54) is 17.0 Å². The van der Waals surface area contributed by atoms with Crippen molar-refractivity contribution in [2.24, 2.45) is 0 Å². The number of benzene rings is 3. The number of nitrogens with zero attached hydrogens (tertiary/aromatic N) is 1. The first kappa shape index (κ1) is 19.6. The summed E-state index contributed by atoms with van der Waals surface area (Å²) >= 11 is 9.58. The molecule has 3 aromatic carbocycles. The fourth-order valence-electron chi connectivity index (χ4n) is 3.43. The van der Waals surface area contributed by atoms with Gasteiger partial charge >= 0.3 is 0 Å². The van der Waals surface area contributed by atoms with Gasteiger partial charge in [-0.3, -0.25) is 9.59 Å². The molecule has 2 amide bonds. The molecule has 3 aromatic rings. The molecule has 29 heavy (non-hydrogen) atoms. The minimum absolute atomic E-state index is 0.150. The van der Waals surface area contributed by atoms with Gasteiger partial charge in [0.1, 0.15) is 12.4 Å². The number of anilines is 1. The summed E-state index contributed by atoms with van der Waals surface area (Å²) in [5.41, 5.74) is 2.36. The van der Waals surface area contributed by atoms with Crippen molar-refractivity contribution in [1.29, 1.82) is 0 Å². The zero-order valence-corrected chi connectivity index (χ0v) is 17.4. The summed E-state index contributed by atoms with van der Waals surface area (Å²) in [6.45, 7) is -0.150. The Morgan fingerprint density at radius 2 is 1.76 bits per heavy atom. The molecule has 1 aliphatic heterocycles. The average Bonchev–Trinajstić information content (AvgIpc) is 2.84. The molecule has 0 aromatic heterocycles. The molecule has 4 nitrogen and oxygen atoms in total. The molecule has 0 unspecified atom stereocenters. The van der Waals surface area contributed by atoms with Gasteiger partial charge in [0.2, 0.25) is 5.91 Å². The van der Waals surface area contributed by atoms with Crippen molar-refractivity contribution in [3.63, 3.8) is 0 Å². The second-order valence-electron chi connectivity index (χ2n) is 6.67. The van der Waals surface area contributed by atoms with Crippen molar-refractivity contribution in [3.8, 4) is 0 Å². The highest BCUT2D eigenvalue weighted by atomic mass is 79.9. The molecular weight excluding hydrogens is 459 g/mol. The van der Waals surface area contributed by atoms with E-state index in [0.29, 0.717) is 27.4 Å². The Morgan fingerprint density at radius 3 is 2.45 bits per heavy atom. The number of amides is 2. The summed E-state index contributed by atoms with van der Waals surface area (Å²) in [6, 6.07) is 17.3. The molecule has 0 fully saturated rings. The monoisotopic (exact) mass is 472 g/mol. The third-order valence-electron chi connectivity index (χ3n) is 4.75. The lowest BCUT2D eigenvalue weighted by Crippen LogP contribution is -2.39. The molecule has 0 aliphatic carbocycles. The highest BCUT2D eigenvalue weighted by molar-refractivity contribution is 9.10. The largest absolute Gasteiger partial charge is 0.324 e. The Labute approximate surface area is 180 Å². The smallest absolute Gasteiger partial charge is 0.255 e. The molecule has 4 rings (SSSR count). The van der Waals surface area contributed by atoms with Crippen molar-refractivity contribution in [3.05, 3.63) is 98.7 Å². The minimum atomic E-state index is -0.612. The molecule has 146 valence electrons. The lowest BCUT2D eigenvalue weighted by atomic mass is 9.95. The van der Waals surface area contributed by atoms with Crippen LogP contribution in [0.3, 0.4) is 0 Å². The number of fused-ring (bicyclic) bond motifs is 1. The fraction of sp³-hybridized carbons (Fsp3) is 0.0909. The van der Waals surface area contributed by atoms with Crippen LogP contribution in [0.1, 0.15) is 27.5 Å². The summed E-state index contributed by atoms with van der Waals surface area (Å²) in [4.78, 5) is 27.4. The maximum absolute atomic E-state index is 13.5. The molecule has 0 saturated heterocycles. The second kappa shape index (κ2) is 7.97. The molecule has 0 radical (unpaired) electrons. The van der Waals surface area contributed by atoms with Crippen LogP contribution >= 0.6 is 27.5 Å². The quantitative estimate of drug-likeness (QED) is 0.540. The van der Waals surface area contributed by atoms with Crippen LogP contribution in [0.2, 0.25) is 5.02 Å². The minimum Gasteiger partial charge on any atom is -0.324 e. The predicted molar refractivity (Wildman–Crippen MR) is 114 cm³/mol. The summed E-state index contributed by atoms with van der Waals surface area (Å²) in [5.74, 6) is -1.01. The molecule has 1 aliphatic rings. The molecular formula is C22H15BrClFN2O2. The first-order valence-corrected chi connectivity index (χ1v) is 10.0. The number of halogens is 3. The van der Waals surface area contributed by atoms with Crippen LogP contribution in [0.4, 0.5) is 10.1 Å². The van der Waals surface area contributed by atoms with Crippen LogP contribution in [0.5, 0.6) is 0 Å². The Kier molecular flexibility index (Phi) is 5.39. The van der Waals surface area contributed by atoms with E-state index in [-0.39, 0.29) is 24.2 Å². The lowest BCUT2D eigenvalue weighted by molar-refractivity contribution is -0.117. The Bertz CT molecular complexity index is 1090. The van der Waals surface area contributed by atoms with Gasteiger partial charge in [-0.25, -0.2) is 4.39 Å². The van der Waals surface area contributed by atoms with Gasteiger partial charge in [-0.15, -0.1) is 0 Å². The predicted octanol–water partition coefficient (Wildman–Crippen LogP) is 5.43. The van der Waals surface area contributed by atoms with Gasteiger partial charge in [-0.1, -0.05) is 39.7 Å². The number of carbonyl (C=O) groups is 2. The van der Waals surface area contributed by atoms with Crippen LogP contribution in [0.25, 0.3) is 0 Å². The first-order valence-electron chi connectivity index (χ1n) is 8.83. The molecule has 1 heterocycles. The van der Waals surface area contributed by atoms with Crippen LogP contribution < -0.4 is 5.32 Å². The molecule has 1 N–H and O–H groups in total. The number of rotatable bonds is 2. The van der Waals surface area contributed by atoms with E-state index in [4.69, 9.17) is 11.6 Å². The average molecular weight is 474 g/mol. The van der Waals surface area contributed by atoms with Gasteiger partial charge in [-0.05, 0) is 60.2 Å². The highest BCUT2D eigenvalue weighted by Gasteiger charge is 2.34. The van der Waals surface area contributed by atoms with E-state index in [1.807, 2.05) is 0 Å². The molecule has 0 bridgehead atoms. The SMILES string of the molecule is O=C1CN(C(=O)c2ccc(Br)cc2)[C@@H](c2ccc(F)cc2)c2cc(Cl)ccc2N1. The topological polar surface area (TPSA) is 49.4 Å². The summed E-state index contributed by atoms with van der Waals surface area (Å²) in [6.07, 6.45) is 0. The molecule has 1 atom stereocenters. The van der Waals surface area contributed by atoms with E-state index < -0.39 is 6.04 Å². The maximum atomic E-state index is 13.5. The van der Waals surface area contributed by atoms with Gasteiger partial charge in [-0.2, -0.15) is 0 Å². The highest BCUT2D eigenvalue weighted by Crippen LogP contribution is 2.38. The zero-order valence-electron chi connectivity index (χ0n) is 15.0. The van der Waals surface area contributed by atoms with Crippen LogP contribution in [-0.4, -0.2) is 23.3 Å². The van der Waals surface area contributed by atoms with Gasteiger partial charge in [0.05, 0.1) is 6.04 Å². The second-order valence-corrected chi connectivity index (χ2v) is 8.03. The van der Waals surface area contributed by atoms with Crippen molar-refractivity contribution in [2.45, 2.75) is 6.04 Å². The van der Waals surface area contributed by atoms with Crippen molar-refractivity contribution in [1.82, 2.24) is 4.90 Å². The third-order valence-corrected chi connectivity index (χ3v) is 5.51. The summed E-state index contributed by atoms with van der Waals surface area (Å²) in [7, 11) is 0. The van der Waals surface area contributed by atoms with Gasteiger partial charge in [0, 0.05) is 26.3 Å². The summed E-state index contributed by atoms with van der Waals surface area (Å²) < 4.78 is 14.4.